The number of methoxy groups -OCH3 is 2. The summed E-state index contributed by atoms with van der Waals surface area (Å²) in [6.07, 6.45) is 1.79. The lowest BCUT2D eigenvalue weighted by Crippen LogP contribution is -2.07. The topological polar surface area (TPSA) is 96.3 Å². The van der Waals surface area contributed by atoms with Crippen LogP contribution in [0.2, 0.25) is 0 Å². The zero-order chi connectivity index (χ0) is 18.2. The monoisotopic (exact) mass is 358 g/mol. The van der Waals surface area contributed by atoms with E-state index in [0.717, 1.165) is 5.56 Å². The minimum absolute atomic E-state index is 0.301. The molecule has 0 unspecified atom stereocenters. The number of rotatable bonds is 10. The molecule has 3 rings (SSSR count). The van der Waals surface area contributed by atoms with E-state index in [1.54, 1.807) is 14.2 Å². The number of benzene rings is 1. The summed E-state index contributed by atoms with van der Waals surface area (Å²) in [4.78, 5) is 8.96. The summed E-state index contributed by atoms with van der Waals surface area (Å²) in [5.74, 6) is 1.81. The van der Waals surface area contributed by atoms with Gasteiger partial charge in [0.05, 0.1) is 13.2 Å². The number of nitrogens with zero attached hydrogens (tertiary/aromatic N) is 4. The maximum Gasteiger partial charge on any atom is 0.239 e. The second kappa shape index (κ2) is 9.21. The van der Waals surface area contributed by atoms with E-state index in [1.807, 2.05) is 30.3 Å². The van der Waals surface area contributed by atoms with Gasteiger partial charge in [0.2, 0.25) is 11.8 Å². The Balaban J connectivity index is 1.84. The molecule has 0 N–H and O–H groups in total. The molecule has 2 aromatic heterocycles. The molecule has 3 aromatic rings. The largest absolute Gasteiger partial charge is 0.384 e. The molecule has 0 aliphatic heterocycles. The third-order valence-electron chi connectivity index (χ3n) is 3.91. The van der Waals surface area contributed by atoms with Crippen molar-refractivity contribution in [2.75, 3.05) is 27.4 Å². The molecule has 0 radical (unpaired) electrons. The summed E-state index contributed by atoms with van der Waals surface area (Å²) in [6.45, 7) is 1.06. The first-order valence-electron chi connectivity index (χ1n) is 8.47. The van der Waals surface area contributed by atoms with Crippen molar-refractivity contribution in [2.24, 2.45) is 0 Å². The summed E-state index contributed by atoms with van der Waals surface area (Å²) in [5, 5.41) is 8.04. The smallest absolute Gasteiger partial charge is 0.239 e. The standard InChI is InChI=1S/C18H22N4O4/c1-23-10-8-15-19-17(25-21-15)14(12-13-6-4-3-5-7-13)18-20-16(22-26-18)9-11-24-2/h3-7,14H,8-12H2,1-2H3. The highest BCUT2D eigenvalue weighted by Crippen LogP contribution is 2.26. The van der Waals surface area contributed by atoms with Gasteiger partial charge in [-0.05, 0) is 12.0 Å². The minimum Gasteiger partial charge on any atom is -0.384 e. The van der Waals surface area contributed by atoms with Crippen LogP contribution in [0, 0.1) is 0 Å². The van der Waals surface area contributed by atoms with Gasteiger partial charge < -0.3 is 18.5 Å². The van der Waals surface area contributed by atoms with Crippen LogP contribution in [0.1, 0.15) is 34.9 Å². The Morgan fingerprint density at radius 3 is 1.88 bits per heavy atom. The summed E-state index contributed by atoms with van der Waals surface area (Å²) in [6, 6.07) is 10.0. The Kier molecular flexibility index (Phi) is 6.45. The molecular weight excluding hydrogens is 336 g/mol. The molecule has 0 aliphatic rings. The molecule has 26 heavy (non-hydrogen) atoms. The third-order valence-corrected chi connectivity index (χ3v) is 3.91. The predicted molar refractivity (Wildman–Crippen MR) is 91.7 cm³/mol. The van der Waals surface area contributed by atoms with Gasteiger partial charge in [0.15, 0.2) is 11.6 Å². The van der Waals surface area contributed by atoms with Crippen LogP contribution in [0.25, 0.3) is 0 Å². The normalized spacial score (nSPS) is 11.3. The fraction of sp³-hybridized carbons (Fsp3) is 0.444. The predicted octanol–water partition coefficient (Wildman–Crippen LogP) is 2.21. The minimum atomic E-state index is -0.301. The molecule has 0 atom stereocenters. The molecule has 0 fully saturated rings. The van der Waals surface area contributed by atoms with Gasteiger partial charge in [-0.3, -0.25) is 0 Å². The SMILES string of the molecule is COCCc1noc(C(Cc2ccccc2)c2nc(CCOC)no2)n1. The lowest BCUT2D eigenvalue weighted by molar-refractivity contribution is 0.199. The average molecular weight is 358 g/mol. The van der Waals surface area contributed by atoms with Crippen LogP contribution in [0.3, 0.4) is 0 Å². The van der Waals surface area contributed by atoms with Gasteiger partial charge in [-0.25, -0.2) is 0 Å². The Bertz CT molecular complexity index is 741. The summed E-state index contributed by atoms with van der Waals surface area (Å²) < 4.78 is 21.1. The Labute approximate surface area is 151 Å². The molecule has 138 valence electrons. The summed E-state index contributed by atoms with van der Waals surface area (Å²) in [7, 11) is 3.28. The quantitative estimate of drug-likeness (QED) is 0.544. The van der Waals surface area contributed by atoms with Crippen LogP contribution in [-0.2, 0) is 28.7 Å². The fourth-order valence-corrected chi connectivity index (χ4v) is 2.54. The molecule has 0 aliphatic carbocycles. The van der Waals surface area contributed by atoms with Gasteiger partial charge in [-0.1, -0.05) is 40.6 Å². The van der Waals surface area contributed by atoms with Crippen molar-refractivity contribution in [3.05, 3.63) is 59.3 Å². The van der Waals surface area contributed by atoms with Crippen LogP contribution >= 0.6 is 0 Å². The third kappa shape index (κ3) is 4.74. The molecule has 8 nitrogen and oxygen atoms in total. The van der Waals surface area contributed by atoms with E-state index >= 15 is 0 Å². The van der Waals surface area contributed by atoms with Crippen LogP contribution in [-0.4, -0.2) is 47.7 Å². The second-order valence-corrected chi connectivity index (χ2v) is 5.83. The first-order chi connectivity index (χ1) is 12.8. The van der Waals surface area contributed by atoms with E-state index in [2.05, 4.69) is 20.3 Å². The maximum atomic E-state index is 5.47. The van der Waals surface area contributed by atoms with Crippen LogP contribution in [0.4, 0.5) is 0 Å². The van der Waals surface area contributed by atoms with Gasteiger partial charge >= 0.3 is 0 Å². The van der Waals surface area contributed by atoms with Crippen molar-refractivity contribution >= 4 is 0 Å². The van der Waals surface area contributed by atoms with Crippen LogP contribution < -0.4 is 0 Å². The number of aromatic nitrogens is 4. The van der Waals surface area contributed by atoms with Crippen molar-refractivity contribution in [3.8, 4) is 0 Å². The van der Waals surface area contributed by atoms with Gasteiger partial charge in [0, 0.05) is 27.1 Å². The number of hydrogen-bond acceptors (Lipinski definition) is 8. The van der Waals surface area contributed by atoms with Gasteiger partial charge in [0.1, 0.15) is 5.92 Å². The molecule has 0 spiro atoms. The second-order valence-electron chi connectivity index (χ2n) is 5.83. The van der Waals surface area contributed by atoms with Crippen molar-refractivity contribution in [2.45, 2.75) is 25.2 Å². The fourth-order valence-electron chi connectivity index (χ4n) is 2.54. The van der Waals surface area contributed by atoms with E-state index in [1.165, 1.54) is 0 Å². The Morgan fingerprint density at radius 2 is 1.38 bits per heavy atom. The molecule has 0 amide bonds. The highest BCUT2D eigenvalue weighted by Gasteiger charge is 2.27. The van der Waals surface area contributed by atoms with Crippen LogP contribution in [0.15, 0.2) is 39.4 Å². The van der Waals surface area contributed by atoms with Crippen LogP contribution in [0.5, 0.6) is 0 Å². The Morgan fingerprint density at radius 1 is 0.846 bits per heavy atom. The van der Waals surface area contributed by atoms with E-state index in [9.17, 15) is 0 Å². The first-order valence-corrected chi connectivity index (χ1v) is 8.47. The van der Waals surface area contributed by atoms with E-state index < -0.39 is 0 Å². The summed E-state index contributed by atoms with van der Waals surface area (Å²) >= 11 is 0. The lowest BCUT2D eigenvalue weighted by atomic mass is 9.99. The van der Waals surface area contributed by atoms with Gasteiger partial charge in [-0.15, -0.1) is 0 Å². The van der Waals surface area contributed by atoms with Crippen molar-refractivity contribution in [3.63, 3.8) is 0 Å². The zero-order valence-corrected chi connectivity index (χ0v) is 14.9. The number of hydrogen-bond donors (Lipinski definition) is 0. The molecular formula is C18H22N4O4. The molecule has 0 bridgehead atoms. The molecule has 0 saturated carbocycles. The first kappa shape index (κ1) is 18.2. The van der Waals surface area contributed by atoms with Crippen molar-refractivity contribution in [1.82, 2.24) is 20.3 Å². The number of ether oxygens (including phenoxy) is 2. The van der Waals surface area contributed by atoms with E-state index in [0.29, 0.717) is 55.9 Å². The van der Waals surface area contributed by atoms with Crippen molar-refractivity contribution in [1.29, 1.82) is 0 Å². The highest BCUT2D eigenvalue weighted by molar-refractivity contribution is 5.20. The van der Waals surface area contributed by atoms with Gasteiger partial charge in [0.25, 0.3) is 0 Å². The maximum absolute atomic E-state index is 5.47. The van der Waals surface area contributed by atoms with Gasteiger partial charge in [-0.2, -0.15) is 9.97 Å². The molecule has 1 aromatic carbocycles. The molecule has 2 heterocycles. The van der Waals surface area contributed by atoms with Crippen molar-refractivity contribution < 1.29 is 18.5 Å². The van der Waals surface area contributed by atoms with E-state index in [4.69, 9.17) is 18.5 Å². The zero-order valence-electron chi connectivity index (χ0n) is 14.9. The summed E-state index contributed by atoms with van der Waals surface area (Å²) in [5.41, 5.74) is 1.12. The molecule has 8 heteroatoms. The molecule has 0 saturated heterocycles. The average Bonchev–Trinajstić information content (AvgIpc) is 3.33. The van der Waals surface area contributed by atoms with E-state index in [-0.39, 0.29) is 5.92 Å². The lowest BCUT2D eigenvalue weighted by Gasteiger charge is -2.08. The highest BCUT2D eigenvalue weighted by atomic mass is 16.5. The Hall–Kier alpha value is -2.58.